The minimum atomic E-state index is -4.06. The van der Waals surface area contributed by atoms with Crippen LogP contribution in [0.2, 0.25) is 5.02 Å². The first-order valence-electron chi connectivity index (χ1n) is 9.67. The SMILES string of the molecule is COc1ccc(NC(=O)c2cc(=O)[nH]c3ccccc23)cc1S(=O)(=O)Nc1ccc(Cl)cc1. The van der Waals surface area contributed by atoms with Crippen molar-refractivity contribution >= 4 is 49.8 Å². The lowest BCUT2D eigenvalue weighted by atomic mass is 10.1. The number of fused-ring (bicyclic) bond motifs is 1. The van der Waals surface area contributed by atoms with Gasteiger partial charge in [-0.1, -0.05) is 29.8 Å². The molecule has 0 spiro atoms. The molecule has 0 saturated heterocycles. The molecule has 0 unspecified atom stereocenters. The predicted octanol–water partition coefficient (Wildman–Crippen LogP) is 4.24. The number of nitrogens with one attached hydrogen (secondary N) is 3. The monoisotopic (exact) mass is 483 g/mol. The summed E-state index contributed by atoms with van der Waals surface area (Å²) < 4.78 is 33.7. The number of hydrogen-bond donors (Lipinski definition) is 3. The smallest absolute Gasteiger partial charge is 0.265 e. The van der Waals surface area contributed by atoms with E-state index in [1.54, 1.807) is 36.4 Å². The number of pyridine rings is 1. The fraction of sp³-hybridized carbons (Fsp3) is 0.0435. The highest BCUT2D eigenvalue weighted by atomic mass is 35.5. The Balaban J connectivity index is 1.68. The number of H-pyrrole nitrogens is 1. The van der Waals surface area contributed by atoms with E-state index in [0.717, 1.165) is 0 Å². The molecule has 8 nitrogen and oxygen atoms in total. The van der Waals surface area contributed by atoms with Crippen LogP contribution in [-0.2, 0) is 10.0 Å². The number of sulfonamides is 1. The van der Waals surface area contributed by atoms with Crippen LogP contribution in [0.1, 0.15) is 10.4 Å². The Morgan fingerprint density at radius 2 is 1.67 bits per heavy atom. The van der Waals surface area contributed by atoms with E-state index in [4.69, 9.17) is 16.3 Å². The van der Waals surface area contributed by atoms with Crippen molar-refractivity contribution in [1.82, 2.24) is 4.98 Å². The molecule has 33 heavy (non-hydrogen) atoms. The van der Waals surface area contributed by atoms with Crippen molar-refractivity contribution in [3.63, 3.8) is 0 Å². The molecule has 0 radical (unpaired) electrons. The zero-order valence-electron chi connectivity index (χ0n) is 17.3. The number of ether oxygens (including phenoxy) is 1. The van der Waals surface area contributed by atoms with Gasteiger partial charge in [-0.25, -0.2) is 8.42 Å². The summed E-state index contributed by atoms with van der Waals surface area (Å²) in [5, 5.41) is 3.68. The Hall–Kier alpha value is -3.82. The standard InChI is InChI=1S/C23H18ClN3O5S/c1-32-20-11-10-16(12-21(20)33(30,31)27-15-8-6-14(24)7-9-15)25-23(29)18-13-22(28)26-19-5-3-2-4-17(18)19/h2-13,27H,1H3,(H,25,29)(H,26,28). The van der Waals surface area contributed by atoms with E-state index >= 15 is 0 Å². The number of aromatic amines is 1. The second kappa shape index (κ2) is 8.97. The second-order valence-electron chi connectivity index (χ2n) is 7.03. The zero-order valence-corrected chi connectivity index (χ0v) is 18.8. The normalized spacial score (nSPS) is 11.2. The molecule has 3 aromatic carbocycles. The molecule has 4 rings (SSSR count). The summed E-state index contributed by atoms with van der Waals surface area (Å²) in [6, 6.07) is 18.5. The molecule has 1 amide bonds. The van der Waals surface area contributed by atoms with E-state index in [9.17, 15) is 18.0 Å². The Bertz CT molecular complexity index is 1520. The minimum absolute atomic E-state index is 0.0936. The van der Waals surface area contributed by atoms with Crippen molar-refractivity contribution in [3.05, 3.63) is 93.7 Å². The summed E-state index contributed by atoms with van der Waals surface area (Å²) in [7, 11) is -2.71. The van der Waals surface area contributed by atoms with Crippen LogP contribution in [0, 0.1) is 0 Å². The van der Waals surface area contributed by atoms with Gasteiger partial charge in [-0.2, -0.15) is 0 Å². The lowest BCUT2D eigenvalue weighted by molar-refractivity contribution is 0.102. The van der Waals surface area contributed by atoms with Crippen LogP contribution < -0.4 is 20.3 Å². The largest absolute Gasteiger partial charge is 0.495 e. The van der Waals surface area contributed by atoms with Gasteiger partial charge in [0.2, 0.25) is 5.56 Å². The molecule has 0 aliphatic heterocycles. The quantitative estimate of drug-likeness (QED) is 0.379. The van der Waals surface area contributed by atoms with Crippen molar-refractivity contribution in [2.24, 2.45) is 0 Å². The molecular weight excluding hydrogens is 466 g/mol. The van der Waals surface area contributed by atoms with Gasteiger partial charge >= 0.3 is 0 Å². The van der Waals surface area contributed by atoms with Crippen LogP contribution in [0.4, 0.5) is 11.4 Å². The van der Waals surface area contributed by atoms with Crippen LogP contribution in [0.3, 0.4) is 0 Å². The van der Waals surface area contributed by atoms with Gasteiger partial charge in [0.1, 0.15) is 10.6 Å². The van der Waals surface area contributed by atoms with E-state index in [1.165, 1.54) is 43.5 Å². The van der Waals surface area contributed by atoms with Gasteiger partial charge in [0, 0.05) is 33.4 Å². The van der Waals surface area contributed by atoms with Gasteiger partial charge in [0.25, 0.3) is 15.9 Å². The first kappa shape index (κ1) is 22.4. The van der Waals surface area contributed by atoms with E-state index < -0.39 is 21.5 Å². The van der Waals surface area contributed by atoms with Gasteiger partial charge in [0.15, 0.2) is 0 Å². The molecular formula is C23H18ClN3O5S. The zero-order chi connectivity index (χ0) is 23.6. The summed E-state index contributed by atoms with van der Waals surface area (Å²) in [5.74, 6) is -0.465. The molecule has 0 aliphatic carbocycles. The van der Waals surface area contributed by atoms with Crippen LogP contribution in [0.15, 0.2) is 82.5 Å². The van der Waals surface area contributed by atoms with Crippen molar-refractivity contribution in [2.75, 3.05) is 17.1 Å². The molecule has 0 bridgehead atoms. The van der Waals surface area contributed by atoms with Gasteiger partial charge in [-0.3, -0.25) is 14.3 Å². The number of carbonyl (C=O) groups is 1. The Morgan fingerprint density at radius 3 is 2.39 bits per heavy atom. The summed E-state index contributed by atoms with van der Waals surface area (Å²) >= 11 is 5.85. The summed E-state index contributed by atoms with van der Waals surface area (Å²) in [4.78, 5) is 27.4. The Morgan fingerprint density at radius 1 is 0.970 bits per heavy atom. The average Bonchev–Trinajstić information content (AvgIpc) is 2.79. The summed E-state index contributed by atoms with van der Waals surface area (Å²) in [6.07, 6.45) is 0. The molecule has 168 valence electrons. The number of halogens is 1. The maximum absolute atomic E-state index is 13.0. The molecule has 0 saturated carbocycles. The lowest BCUT2D eigenvalue weighted by Crippen LogP contribution is -2.18. The molecule has 1 heterocycles. The van der Waals surface area contributed by atoms with Crippen LogP contribution >= 0.6 is 11.6 Å². The fourth-order valence-corrected chi connectivity index (χ4v) is 4.66. The van der Waals surface area contributed by atoms with Crippen molar-refractivity contribution in [3.8, 4) is 5.75 Å². The number of carbonyl (C=O) groups excluding carboxylic acids is 1. The molecule has 0 fully saturated rings. The fourth-order valence-electron chi connectivity index (χ4n) is 3.28. The number of amides is 1. The van der Waals surface area contributed by atoms with Crippen LogP contribution in [0.5, 0.6) is 5.75 Å². The van der Waals surface area contributed by atoms with Gasteiger partial charge in [-0.15, -0.1) is 0 Å². The molecule has 1 aromatic heterocycles. The highest BCUT2D eigenvalue weighted by Crippen LogP contribution is 2.29. The number of aromatic nitrogens is 1. The van der Waals surface area contributed by atoms with Crippen molar-refractivity contribution < 1.29 is 17.9 Å². The van der Waals surface area contributed by atoms with Crippen LogP contribution in [0.25, 0.3) is 10.9 Å². The molecule has 4 aromatic rings. The van der Waals surface area contributed by atoms with Crippen LogP contribution in [-0.4, -0.2) is 26.4 Å². The highest BCUT2D eigenvalue weighted by molar-refractivity contribution is 7.92. The average molecular weight is 484 g/mol. The van der Waals surface area contributed by atoms with E-state index in [2.05, 4.69) is 15.0 Å². The minimum Gasteiger partial charge on any atom is -0.495 e. The highest BCUT2D eigenvalue weighted by Gasteiger charge is 2.21. The van der Waals surface area contributed by atoms with Crippen molar-refractivity contribution in [1.29, 1.82) is 0 Å². The third-order valence-corrected chi connectivity index (χ3v) is 6.46. The molecule has 3 N–H and O–H groups in total. The van der Waals surface area contributed by atoms with Gasteiger partial charge in [-0.05, 0) is 48.5 Å². The Kier molecular flexibility index (Phi) is 6.08. The molecule has 0 atom stereocenters. The number of methoxy groups -OCH3 is 1. The maximum Gasteiger partial charge on any atom is 0.265 e. The Labute approximate surface area is 194 Å². The summed E-state index contributed by atoms with van der Waals surface area (Å²) in [5.41, 5.74) is 0.769. The first-order chi connectivity index (χ1) is 15.8. The number of anilines is 2. The maximum atomic E-state index is 13.0. The predicted molar refractivity (Wildman–Crippen MR) is 128 cm³/mol. The second-order valence-corrected chi connectivity index (χ2v) is 9.11. The lowest BCUT2D eigenvalue weighted by Gasteiger charge is -2.14. The van der Waals surface area contributed by atoms with Gasteiger partial charge in [0.05, 0.1) is 12.7 Å². The number of para-hydroxylation sites is 1. The number of benzene rings is 3. The third-order valence-electron chi connectivity index (χ3n) is 4.80. The number of hydrogen-bond acceptors (Lipinski definition) is 5. The topological polar surface area (TPSA) is 117 Å². The van der Waals surface area contributed by atoms with E-state index in [-0.39, 0.29) is 21.9 Å². The van der Waals surface area contributed by atoms with E-state index in [0.29, 0.717) is 21.6 Å². The van der Waals surface area contributed by atoms with Crippen molar-refractivity contribution in [2.45, 2.75) is 4.90 Å². The summed E-state index contributed by atoms with van der Waals surface area (Å²) in [6.45, 7) is 0. The molecule has 10 heteroatoms. The first-order valence-corrected chi connectivity index (χ1v) is 11.5. The van der Waals surface area contributed by atoms with E-state index in [1.807, 2.05) is 0 Å². The van der Waals surface area contributed by atoms with Gasteiger partial charge < -0.3 is 15.0 Å². The third kappa shape index (κ3) is 4.84. The molecule has 0 aliphatic rings. The number of rotatable bonds is 6.